The van der Waals surface area contributed by atoms with Crippen LogP contribution in [0.3, 0.4) is 0 Å². The van der Waals surface area contributed by atoms with Crippen molar-refractivity contribution in [3.63, 3.8) is 0 Å². The third-order valence-corrected chi connectivity index (χ3v) is 2.69. The lowest BCUT2D eigenvalue weighted by Gasteiger charge is -2.36. The Hall–Kier alpha value is -1.58. The van der Waals surface area contributed by atoms with Crippen molar-refractivity contribution in [2.45, 2.75) is 25.8 Å². The number of nitrogens with zero attached hydrogens (tertiary/aromatic N) is 1. The monoisotopic (exact) mass is 225 g/mol. The maximum absolute atomic E-state index is 13.0. The maximum Gasteiger partial charge on any atom is 0.305 e. The van der Waals surface area contributed by atoms with Crippen LogP contribution < -0.4 is 4.90 Å². The van der Waals surface area contributed by atoms with E-state index in [1.54, 1.807) is 24.1 Å². The van der Waals surface area contributed by atoms with Crippen molar-refractivity contribution in [1.29, 1.82) is 0 Å². The van der Waals surface area contributed by atoms with Crippen LogP contribution in [0.5, 0.6) is 0 Å². The molecule has 0 unspecified atom stereocenters. The van der Waals surface area contributed by atoms with Crippen LogP contribution in [0, 0.1) is 5.82 Å². The zero-order valence-electron chi connectivity index (χ0n) is 9.70. The average Bonchev–Trinajstić information content (AvgIpc) is 2.14. The molecule has 3 nitrogen and oxygen atoms in total. The molecule has 0 heterocycles. The van der Waals surface area contributed by atoms with Crippen LogP contribution in [0.15, 0.2) is 24.3 Å². The molecular formula is C12H16FNO2. The number of anilines is 1. The van der Waals surface area contributed by atoms with Crippen molar-refractivity contribution in [2.75, 3.05) is 11.9 Å². The number of hydrogen-bond acceptors (Lipinski definition) is 2. The molecule has 0 amide bonds. The van der Waals surface area contributed by atoms with Crippen LogP contribution in [-0.4, -0.2) is 23.7 Å². The van der Waals surface area contributed by atoms with E-state index >= 15 is 0 Å². The summed E-state index contributed by atoms with van der Waals surface area (Å²) < 4.78 is 13.0. The van der Waals surface area contributed by atoms with E-state index < -0.39 is 11.5 Å². The van der Waals surface area contributed by atoms with Crippen molar-refractivity contribution in [3.8, 4) is 0 Å². The fraction of sp³-hybridized carbons (Fsp3) is 0.417. The Morgan fingerprint density at radius 2 is 2.12 bits per heavy atom. The zero-order valence-corrected chi connectivity index (χ0v) is 9.70. The largest absolute Gasteiger partial charge is 0.481 e. The summed E-state index contributed by atoms with van der Waals surface area (Å²) in [6.07, 6.45) is 0.0000132. The number of carbonyl (C=O) groups is 1. The highest BCUT2D eigenvalue weighted by Crippen LogP contribution is 2.25. The van der Waals surface area contributed by atoms with Crippen LogP contribution >= 0.6 is 0 Å². The summed E-state index contributed by atoms with van der Waals surface area (Å²) in [5, 5.41) is 8.80. The van der Waals surface area contributed by atoms with Gasteiger partial charge in [-0.3, -0.25) is 4.79 Å². The Balaban J connectivity index is 2.92. The van der Waals surface area contributed by atoms with Gasteiger partial charge >= 0.3 is 5.97 Å². The van der Waals surface area contributed by atoms with Gasteiger partial charge in [0.2, 0.25) is 0 Å². The number of hydrogen-bond donors (Lipinski definition) is 1. The second-order valence-corrected chi connectivity index (χ2v) is 4.42. The highest BCUT2D eigenvalue weighted by atomic mass is 19.1. The van der Waals surface area contributed by atoms with Gasteiger partial charge in [0, 0.05) is 18.3 Å². The van der Waals surface area contributed by atoms with E-state index in [0.717, 1.165) is 0 Å². The van der Waals surface area contributed by atoms with Gasteiger partial charge in [0.15, 0.2) is 0 Å². The molecule has 0 radical (unpaired) electrons. The quantitative estimate of drug-likeness (QED) is 0.856. The molecule has 0 aliphatic rings. The molecule has 0 bridgehead atoms. The van der Waals surface area contributed by atoms with E-state index in [4.69, 9.17) is 5.11 Å². The zero-order chi connectivity index (χ0) is 12.3. The van der Waals surface area contributed by atoms with E-state index in [2.05, 4.69) is 0 Å². The lowest BCUT2D eigenvalue weighted by atomic mass is 9.98. The van der Waals surface area contributed by atoms with E-state index in [9.17, 15) is 9.18 Å². The summed E-state index contributed by atoms with van der Waals surface area (Å²) in [5.41, 5.74) is 0.117. The molecule has 0 atom stereocenters. The van der Waals surface area contributed by atoms with Gasteiger partial charge in [0.25, 0.3) is 0 Å². The first-order valence-corrected chi connectivity index (χ1v) is 5.04. The molecule has 0 aliphatic carbocycles. The minimum atomic E-state index is -0.867. The molecule has 0 saturated carbocycles. The van der Waals surface area contributed by atoms with E-state index in [-0.39, 0.29) is 12.2 Å². The summed E-state index contributed by atoms with van der Waals surface area (Å²) in [4.78, 5) is 12.5. The van der Waals surface area contributed by atoms with Crippen molar-refractivity contribution >= 4 is 11.7 Å². The van der Waals surface area contributed by atoms with Gasteiger partial charge in [-0.15, -0.1) is 0 Å². The van der Waals surface area contributed by atoms with Crippen molar-refractivity contribution in [3.05, 3.63) is 30.1 Å². The van der Waals surface area contributed by atoms with Gasteiger partial charge in [-0.2, -0.15) is 0 Å². The highest BCUT2D eigenvalue weighted by Gasteiger charge is 2.27. The lowest BCUT2D eigenvalue weighted by molar-refractivity contribution is -0.138. The average molecular weight is 225 g/mol. The smallest absolute Gasteiger partial charge is 0.305 e. The van der Waals surface area contributed by atoms with Gasteiger partial charge < -0.3 is 10.0 Å². The van der Waals surface area contributed by atoms with Crippen LogP contribution in [0.25, 0.3) is 0 Å². The minimum absolute atomic E-state index is 0.0000132. The first kappa shape index (κ1) is 12.5. The van der Waals surface area contributed by atoms with Crippen molar-refractivity contribution in [2.24, 2.45) is 0 Å². The molecular weight excluding hydrogens is 209 g/mol. The Morgan fingerprint density at radius 3 is 2.62 bits per heavy atom. The van der Waals surface area contributed by atoms with Gasteiger partial charge in [-0.1, -0.05) is 6.07 Å². The van der Waals surface area contributed by atoms with Crippen LogP contribution in [0.1, 0.15) is 20.3 Å². The summed E-state index contributed by atoms with van der Waals surface area (Å²) in [6, 6.07) is 6.12. The summed E-state index contributed by atoms with van der Waals surface area (Å²) in [7, 11) is 1.76. The van der Waals surface area contributed by atoms with E-state index in [1.165, 1.54) is 12.1 Å². The molecule has 1 N–H and O–H groups in total. The molecule has 1 aromatic rings. The van der Waals surface area contributed by atoms with Gasteiger partial charge in [0.1, 0.15) is 5.82 Å². The Kier molecular flexibility index (Phi) is 3.52. The van der Waals surface area contributed by atoms with Crippen molar-refractivity contribution in [1.82, 2.24) is 0 Å². The topological polar surface area (TPSA) is 40.5 Å². The Bertz CT molecular complexity index is 390. The van der Waals surface area contributed by atoms with Gasteiger partial charge in [-0.25, -0.2) is 4.39 Å². The maximum atomic E-state index is 13.0. The molecule has 16 heavy (non-hydrogen) atoms. The van der Waals surface area contributed by atoms with Gasteiger partial charge in [0.05, 0.1) is 6.42 Å². The van der Waals surface area contributed by atoms with Crippen LogP contribution in [0.4, 0.5) is 10.1 Å². The molecule has 1 rings (SSSR count). The number of halogens is 1. The van der Waals surface area contributed by atoms with E-state index in [1.807, 2.05) is 13.8 Å². The highest BCUT2D eigenvalue weighted by molar-refractivity contribution is 5.69. The molecule has 1 aromatic carbocycles. The lowest BCUT2D eigenvalue weighted by Crippen LogP contribution is -2.43. The van der Waals surface area contributed by atoms with E-state index in [0.29, 0.717) is 5.69 Å². The standard InChI is InChI=1S/C12H16FNO2/c1-12(2,8-11(15)16)14(3)10-6-4-5-9(13)7-10/h4-7H,8H2,1-3H3,(H,15,16). The first-order chi connectivity index (χ1) is 7.33. The molecule has 0 fully saturated rings. The fourth-order valence-corrected chi connectivity index (χ4v) is 1.52. The molecule has 88 valence electrons. The van der Waals surface area contributed by atoms with Crippen LogP contribution in [-0.2, 0) is 4.79 Å². The second kappa shape index (κ2) is 4.51. The Morgan fingerprint density at radius 1 is 1.50 bits per heavy atom. The summed E-state index contributed by atoms with van der Waals surface area (Å²) >= 11 is 0. The molecule has 0 aromatic heterocycles. The number of carboxylic acids is 1. The second-order valence-electron chi connectivity index (χ2n) is 4.42. The van der Waals surface area contributed by atoms with Crippen molar-refractivity contribution < 1.29 is 14.3 Å². The normalized spacial score (nSPS) is 11.2. The summed E-state index contributed by atoms with van der Waals surface area (Å²) in [5.74, 6) is -1.19. The number of carboxylic acid groups (broad SMARTS) is 1. The third-order valence-electron chi connectivity index (χ3n) is 2.69. The first-order valence-electron chi connectivity index (χ1n) is 5.04. The van der Waals surface area contributed by atoms with Crippen LogP contribution in [0.2, 0.25) is 0 Å². The number of rotatable bonds is 4. The fourth-order valence-electron chi connectivity index (χ4n) is 1.52. The SMILES string of the molecule is CN(c1cccc(F)c1)C(C)(C)CC(=O)O. The summed E-state index contributed by atoms with van der Waals surface area (Å²) in [6.45, 7) is 3.62. The van der Waals surface area contributed by atoms with Gasteiger partial charge in [-0.05, 0) is 32.0 Å². The molecule has 0 saturated heterocycles. The molecule has 0 aliphatic heterocycles. The minimum Gasteiger partial charge on any atom is -0.481 e. The molecule has 4 heteroatoms. The Labute approximate surface area is 94.5 Å². The predicted octanol–water partition coefficient (Wildman–Crippen LogP) is 2.52. The number of benzene rings is 1. The molecule has 0 spiro atoms. The number of aliphatic carboxylic acids is 1. The predicted molar refractivity (Wildman–Crippen MR) is 61.1 cm³/mol. The third kappa shape index (κ3) is 2.95.